The highest BCUT2D eigenvalue weighted by Gasteiger charge is 2.00. The largest absolute Gasteiger partial charge is 0.385 e. The van der Waals surface area contributed by atoms with Crippen molar-refractivity contribution in [3.05, 3.63) is 31.8 Å². The van der Waals surface area contributed by atoms with E-state index in [1.54, 1.807) is 11.7 Å². The first-order valence-corrected chi connectivity index (χ1v) is 5.58. The van der Waals surface area contributed by atoms with E-state index in [0.29, 0.717) is 6.61 Å². The van der Waals surface area contributed by atoms with Crippen LogP contribution < -0.4 is 5.56 Å². The predicted octanol–water partition coefficient (Wildman–Crippen LogP) is 1.80. The van der Waals surface area contributed by atoms with Gasteiger partial charge in [-0.05, 0) is 42.0 Å². The van der Waals surface area contributed by atoms with Crippen LogP contribution in [0, 0.1) is 10.5 Å². The lowest BCUT2D eigenvalue weighted by Crippen LogP contribution is -2.22. The number of ether oxygens (including phenoxy) is 1. The number of hydrogen-bond donors (Lipinski definition) is 0. The minimum atomic E-state index is 0.0986. The van der Waals surface area contributed by atoms with E-state index < -0.39 is 0 Å². The summed E-state index contributed by atoms with van der Waals surface area (Å²) in [5.74, 6) is 0. The number of halogens is 1. The SMILES string of the molecule is COCCCn1cc(I)cc(C)c1=O. The van der Waals surface area contributed by atoms with E-state index >= 15 is 0 Å². The molecule has 1 heterocycles. The van der Waals surface area contributed by atoms with Gasteiger partial charge in [0.25, 0.3) is 5.56 Å². The van der Waals surface area contributed by atoms with Gasteiger partial charge >= 0.3 is 0 Å². The van der Waals surface area contributed by atoms with E-state index in [4.69, 9.17) is 4.74 Å². The molecule has 78 valence electrons. The number of aromatic nitrogens is 1. The van der Waals surface area contributed by atoms with E-state index in [2.05, 4.69) is 22.6 Å². The molecule has 1 rings (SSSR count). The molecule has 0 unspecified atom stereocenters. The highest BCUT2D eigenvalue weighted by atomic mass is 127. The van der Waals surface area contributed by atoms with Gasteiger partial charge in [-0.15, -0.1) is 0 Å². The summed E-state index contributed by atoms with van der Waals surface area (Å²) in [5, 5.41) is 0. The molecule has 0 aliphatic heterocycles. The number of pyridine rings is 1. The molecule has 0 bridgehead atoms. The Morgan fingerprint density at radius 1 is 1.57 bits per heavy atom. The van der Waals surface area contributed by atoms with Gasteiger partial charge in [0.05, 0.1) is 0 Å². The first-order chi connectivity index (χ1) is 6.65. The summed E-state index contributed by atoms with van der Waals surface area (Å²) in [6.07, 6.45) is 2.75. The van der Waals surface area contributed by atoms with Crippen molar-refractivity contribution in [1.29, 1.82) is 0 Å². The second kappa shape index (κ2) is 5.50. The van der Waals surface area contributed by atoms with Crippen molar-refractivity contribution < 1.29 is 4.74 Å². The average molecular weight is 307 g/mol. The minimum Gasteiger partial charge on any atom is -0.385 e. The summed E-state index contributed by atoms with van der Waals surface area (Å²) in [6, 6.07) is 1.90. The molecule has 0 aliphatic rings. The zero-order valence-electron chi connectivity index (χ0n) is 8.42. The smallest absolute Gasteiger partial charge is 0.253 e. The van der Waals surface area contributed by atoms with Crippen LogP contribution in [-0.4, -0.2) is 18.3 Å². The van der Waals surface area contributed by atoms with Crippen LogP contribution in [-0.2, 0) is 11.3 Å². The first-order valence-electron chi connectivity index (χ1n) is 4.50. The fourth-order valence-corrected chi connectivity index (χ4v) is 2.09. The highest BCUT2D eigenvalue weighted by Crippen LogP contribution is 2.03. The normalized spacial score (nSPS) is 10.5. The summed E-state index contributed by atoms with van der Waals surface area (Å²) in [7, 11) is 1.67. The Morgan fingerprint density at radius 2 is 2.29 bits per heavy atom. The molecule has 0 aliphatic carbocycles. The minimum absolute atomic E-state index is 0.0986. The van der Waals surface area contributed by atoms with Gasteiger partial charge in [-0.2, -0.15) is 0 Å². The molecule has 0 spiro atoms. The Balaban J connectivity index is 2.81. The topological polar surface area (TPSA) is 31.2 Å². The third-order valence-electron chi connectivity index (χ3n) is 1.98. The molecule has 0 aromatic carbocycles. The van der Waals surface area contributed by atoms with Gasteiger partial charge in [0.2, 0.25) is 0 Å². The third kappa shape index (κ3) is 3.09. The summed E-state index contributed by atoms with van der Waals surface area (Å²) in [4.78, 5) is 11.6. The molecule has 1 aromatic heterocycles. The van der Waals surface area contributed by atoms with Crippen LogP contribution in [0.1, 0.15) is 12.0 Å². The van der Waals surface area contributed by atoms with Crippen molar-refractivity contribution in [2.45, 2.75) is 19.9 Å². The number of rotatable bonds is 4. The number of aryl methyl sites for hydroxylation is 2. The van der Waals surface area contributed by atoms with Crippen molar-refractivity contribution in [3.63, 3.8) is 0 Å². The molecule has 0 amide bonds. The molecular weight excluding hydrogens is 293 g/mol. The fraction of sp³-hybridized carbons (Fsp3) is 0.500. The second-order valence-corrected chi connectivity index (χ2v) is 4.43. The number of nitrogens with zero attached hydrogens (tertiary/aromatic N) is 1. The van der Waals surface area contributed by atoms with Gasteiger partial charge in [-0.25, -0.2) is 0 Å². The van der Waals surface area contributed by atoms with Crippen molar-refractivity contribution in [2.75, 3.05) is 13.7 Å². The lowest BCUT2D eigenvalue weighted by atomic mass is 10.3. The molecule has 0 saturated heterocycles. The van der Waals surface area contributed by atoms with E-state index in [-0.39, 0.29) is 5.56 Å². The Kier molecular flexibility index (Phi) is 4.60. The van der Waals surface area contributed by atoms with E-state index in [1.807, 2.05) is 19.2 Å². The van der Waals surface area contributed by atoms with Gasteiger partial charge in [-0.3, -0.25) is 4.79 Å². The summed E-state index contributed by atoms with van der Waals surface area (Å²) in [6.45, 7) is 3.26. The zero-order chi connectivity index (χ0) is 10.6. The number of hydrogen-bond acceptors (Lipinski definition) is 2. The Morgan fingerprint density at radius 3 is 2.93 bits per heavy atom. The lowest BCUT2D eigenvalue weighted by Gasteiger charge is -2.06. The Bertz CT molecular complexity index is 360. The van der Waals surface area contributed by atoms with Gasteiger partial charge in [0.1, 0.15) is 0 Å². The van der Waals surface area contributed by atoms with E-state index in [0.717, 1.165) is 22.1 Å². The molecule has 3 nitrogen and oxygen atoms in total. The van der Waals surface area contributed by atoms with Crippen molar-refractivity contribution in [1.82, 2.24) is 4.57 Å². The molecule has 1 aromatic rings. The third-order valence-corrected chi connectivity index (χ3v) is 2.57. The predicted molar refractivity (Wildman–Crippen MR) is 64.6 cm³/mol. The number of methoxy groups -OCH3 is 1. The van der Waals surface area contributed by atoms with Crippen LogP contribution in [0.2, 0.25) is 0 Å². The Hall–Kier alpha value is -0.360. The van der Waals surface area contributed by atoms with E-state index in [1.165, 1.54) is 0 Å². The highest BCUT2D eigenvalue weighted by molar-refractivity contribution is 14.1. The summed E-state index contributed by atoms with van der Waals surface area (Å²) in [5.41, 5.74) is 0.899. The summed E-state index contributed by atoms with van der Waals surface area (Å²) >= 11 is 2.22. The standard InChI is InChI=1S/C10H14INO2/c1-8-6-9(11)7-12(10(8)13)4-3-5-14-2/h6-7H,3-5H2,1-2H3. The maximum atomic E-state index is 11.6. The van der Waals surface area contributed by atoms with E-state index in [9.17, 15) is 4.79 Å². The van der Waals surface area contributed by atoms with Gasteiger partial charge in [-0.1, -0.05) is 0 Å². The fourth-order valence-electron chi connectivity index (χ4n) is 1.29. The molecule has 0 N–H and O–H groups in total. The lowest BCUT2D eigenvalue weighted by molar-refractivity contribution is 0.190. The first kappa shape index (κ1) is 11.7. The van der Waals surface area contributed by atoms with Crippen molar-refractivity contribution >= 4 is 22.6 Å². The van der Waals surface area contributed by atoms with Crippen LogP contribution in [0.3, 0.4) is 0 Å². The quantitative estimate of drug-likeness (QED) is 0.627. The molecule has 0 radical (unpaired) electrons. The second-order valence-electron chi connectivity index (χ2n) is 3.19. The van der Waals surface area contributed by atoms with Crippen LogP contribution in [0.15, 0.2) is 17.1 Å². The Labute approximate surface area is 97.2 Å². The molecule has 0 saturated carbocycles. The maximum Gasteiger partial charge on any atom is 0.253 e. The molecule has 0 atom stereocenters. The molecule has 4 heteroatoms. The zero-order valence-corrected chi connectivity index (χ0v) is 10.6. The van der Waals surface area contributed by atoms with Crippen molar-refractivity contribution in [3.8, 4) is 0 Å². The van der Waals surface area contributed by atoms with Crippen LogP contribution in [0.4, 0.5) is 0 Å². The van der Waals surface area contributed by atoms with Crippen molar-refractivity contribution in [2.24, 2.45) is 0 Å². The average Bonchev–Trinajstić information content (AvgIpc) is 2.13. The maximum absolute atomic E-state index is 11.6. The summed E-state index contributed by atoms with van der Waals surface area (Å²) < 4.78 is 7.79. The molecular formula is C10H14INO2. The van der Waals surface area contributed by atoms with Gasteiger partial charge in [0.15, 0.2) is 0 Å². The van der Waals surface area contributed by atoms with Crippen LogP contribution >= 0.6 is 22.6 Å². The van der Waals surface area contributed by atoms with Gasteiger partial charge in [0, 0.05) is 35.6 Å². The van der Waals surface area contributed by atoms with Gasteiger partial charge < -0.3 is 9.30 Å². The monoisotopic (exact) mass is 307 g/mol. The van der Waals surface area contributed by atoms with Crippen LogP contribution in [0.5, 0.6) is 0 Å². The van der Waals surface area contributed by atoms with Crippen LogP contribution in [0.25, 0.3) is 0 Å². The molecule has 0 fully saturated rings. The molecule has 14 heavy (non-hydrogen) atoms.